The molecule has 0 atom stereocenters. The van der Waals surface area contributed by atoms with Crippen molar-refractivity contribution in [1.29, 1.82) is 0 Å². The van der Waals surface area contributed by atoms with Crippen LogP contribution < -0.4 is 4.90 Å². The zero-order valence-electron chi connectivity index (χ0n) is 10.5. The molecule has 17 heavy (non-hydrogen) atoms. The fraction of sp³-hybridized carbons (Fsp3) is 0.692. The Morgan fingerprint density at radius 1 is 1.41 bits per heavy atom. The Kier molecular flexibility index (Phi) is 4.31. The second kappa shape index (κ2) is 5.96. The van der Waals surface area contributed by atoms with Gasteiger partial charge in [-0.1, -0.05) is 6.92 Å². The molecule has 1 aliphatic carbocycles. The van der Waals surface area contributed by atoms with E-state index in [-0.39, 0.29) is 6.61 Å². The van der Waals surface area contributed by atoms with Crippen LogP contribution in [0.4, 0.5) is 5.82 Å². The van der Waals surface area contributed by atoms with Crippen molar-refractivity contribution in [2.24, 2.45) is 0 Å². The number of aliphatic hydroxyl groups is 1. The summed E-state index contributed by atoms with van der Waals surface area (Å²) in [5.74, 6) is 1.02. The summed E-state index contributed by atoms with van der Waals surface area (Å²) >= 11 is 0. The van der Waals surface area contributed by atoms with Gasteiger partial charge in [0.15, 0.2) is 0 Å². The fourth-order valence-electron chi connectivity index (χ4n) is 2.16. The summed E-state index contributed by atoms with van der Waals surface area (Å²) < 4.78 is 0. The Balaban J connectivity index is 2.11. The van der Waals surface area contributed by atoms with Gasteiger partial charge in [-0.2, -0.15) is 0 Å². The zero-order chi connectivity index (χ0) is 12.1. The van der Waals surface area contributed by atoms with Gasteiger partial charge in [-0.05, 0) is 32.1 Å². The van der Waals surface area contributed by atoms with Gasteiger partial charge in [0.05, 0.1) is 0 Å². The zero-order valence-corrected chi connectivity index (χ0v) is 10.5. The predicted molar refractivity (Wildman–Crippen MR) is 68.1 cm³/mol. The number of hydrogen-bond acceptors (Lipinski definition) is 4. The maximum Gasteiger partial charge on any atom is 0.132 e. The first kappa shape index (κ1) is 12.3. The third-order valence-corrected chi connectivity index (χ3v) is 3.44. The van der Waals surface area contributed by atoms with E-state index in [9.17, 15) is 0 Å². The Hall–Kier alpha value is -1.16. The van der Waals surface area contributed by atoms with Gasteiger partial charge in [-0.3, -0.25) is 0 Å². The lowest BCUT2D eigenvalue weighted by molar-refractivity contribution is 0.282. The van der Waals surface area contributed by atoms with Crippen LogP contribution in [0.5, 0.6) is 0 Å². The highest BCUT2D eigenvalue weighted by Gasteiger charge is 2.25. The van der Waals surface area contributed by atoms with Crippen molar-refractivity contribution in [3.63, 3.8) is 0 Å². The Bertz CT molecular complexity index is 352. The number of rotatable bonds is 6. The van der Waals surface area contributed by atoms with Gasteiger partial charge in [0, 0.05) is 31.0 Å². The van der Waals surface area contributed by atoms with Crippen molar-refractivity contribution in [3.05, 3.63) is 18.1 Å². The highest BCUT2D eigenvalue weighted by Crippen LogP contribution is 2.28. The number of aliphatic hydroxyl groups excluding tert-OH is 1. The minimum absolute atomic E-state index is 0.245. The summed E-state index contributed by atoms with van der Waals surface area (Å²) in [6.45, 7) is 3.24. The molecule has 0 unspecified atom stereocenters. The predicted octanol–water partition coefficient (Wildman–Crippen LogP) is 1.78. The lowest BCUT2D eigenvalue weighted by Gasteiger charge is -2.38. The third kappa shape index (κ3) is 2.94. The summed E-state index contributed by atoms with van der Waals surface area (Å²) in [7, 11) is 0. The number of nitrogens with zero attached hydrogens (tertiary/aromatic N) is 3. The third-order valence-electron chi connectivity index (χ3n) is 3.44. The van der Waals surface area contributed by atoms with Crippen LogP contribution in [0.15, 0.2) is 12.4 Å². The molecule has 1 N–H and O–H groups in total. The molecule has 0 aliphatic heterocycles. The van der Waals surface area contributed by atoms with E-state index >= 15 is 0 Å². The van der Waals surface area contributed by atoms with Gasteiger partial charge in [0.1, 0.15) is 12.1 Å². The van der Waals surface area contributed by atoms with E-state index in [2.05, 4.69) is 27.9 Å². The highest BCUT2D eigenvalue weighted by molar-refractivity contribution is 5.40. The minimum Gasteiger partial charge on any atom is -0.396 e. The maximum atomic E-state index is 8.98. The molecule has 94 valence electrons. The quantitative estimate of drug-likeness (QED) is 0.816. The lowest BCUT2D eigenvalue weighted by Crippen LogP contribution is -2.41. The first-order valence-electron chi connectivity index (χ1n) is 6.53. The molecule has 0 radical (unpaired) electrons. The molecule has 0 aromatic carbocycles. The number of aromatic nitrogens is 2. The fourth-order valence-corrected chi connectivity index (χ4v) is 2.16. The minimum atomic E-state index is 0.245. The molecule has 1 aliphatic rings. The lowest BCUT2D eigenvalue weighted by atomic mass is 9.91. The Labute approximate surface area is 103 Å². The van der Waals surface area contributed by atoms with Crippen molar-refractivity contribution < 1.29 is 5.11 Å². The van der Waals surface area contributed by atoms with E-state index in [0.717, 1.165) is 30.9 Å². The van der Waals surface area contributed by atoms with Gasteiger partial charge < -0.3 is 10.0 Å². The van der Waals surface area contributed by atoms with Crippen LogP contribution in [0.3, 0.4) is 0 Å². The second-order valence-corrected chi connectivity index (χ2v) is 4.58. The number of hydrogen-bond donors (Lipinski definition) is 1. The van der Waals surface area contributed by atoms with Crippen molar-refractivity contribution in [2.45, 2.75) is 45.1 Å². The molecule has 4 nitrogen and oxygen atoms in total. The van der Waals surface area contributed by atoms with E-state index in [1.165, 1.54) is 19.3 Å². The van der Waals surface area contributed by atoms with E-state index in [0.29, 0.717) is 6.04 Å². The smallest absolute Gasteiger partial charge is 0.132 e. The van der Waals surface area contributed by atoms with Crippen molar-refractivity contribution >= 4 is 5.82 Å². The molecule has 1 aromatic heterocycles. The number of anilines is 1. The Morgan fingerprint density at radius 3 is 2.82 bits per heavy atom. The van der Waals surface area contributed by atoms with Crippen LogP contribution in [0, 0.1) is 0 Å². The molecule has 4 heteroatoms. The van der Waals surface area contributed by atoms with Crippen LogP contribution in [-0.2, 0) is 6.42 Å². The van der Waals surface area contributed by atoms with Gasteiger partial charge in [0.2, 0.25) is 0 Å². The standard InChI is InChI=1S/C13H21N3O/c1-2-11-9-13(15-10-14-11)16(7-4-8-17)12-5-3-6-12/h9-10,12,17H,2-8H2,1H3. The molecule has 0 saturated heterocycles. The highest BCUT2D eigenvalue weighted by atomic mass is 16.3. The summed E-state index contributed by atoms with van der Waals surface area (Å²) in [4.78, 5) is 10.9. The van der Waals surface area contributed by atoms with Gasteiger partial charge >= 0.3 is 0 Å². The van der Waals surface area contributed by atoms with Gasteiger partial charge in [-0.15, -0.1) is 0 Å². The molecule has 1 saturated carbocycles. The van der Waals surface area contributed by atoms with Crippen LogP contribution in [0.2, 0.25) is 0 Å². The van der Waals surface area contributed by atoms with E-state index in [1.54, 1.807) is 6.33 Å². The average molecular weight is 235 g/mol. The first-order valence-corrected chi connectivity index (χ1v) is 6.53. The van der Waals surface area contributed by atoms with E-state index < -0.39 is 0 Å². The summed E-state index contributed by atoms with van der Waals surface area (Å²) in [6, 6.07) is 2.69. The molecular formula is C13H21N3O. The van der Waals surface area contributed by atoms with Crippen molar-refractivity contribution in [3.8, 4) is 0 Å². The van der Waals surface area contributed by atoms with Crippen LogP contribution in [-0.4, -0.2) is 34.3 Å². The molecule has 2 rings (SSSR count). The van der Waals surface area contributed by atoms with E-state index in [4.69, 9.17) is 5.11 Å². The van der Waals surface area contributed by atoms with E-state index in [1.807, 2.05) is 0 Å². The summed E-state index contributed by atoms with van der Waals surface area (Å²) in [5.41, 5.74) is 1.09. The second-order valence-electron chi connectivity index (χ2n) is 4.58. The van der Waals surface area contributed by atoms with Crippen LogP contribution >= 0.6 is 0 Å². The topological polar surface area (TPSA) is 49.2 Å². The maximum absolute atomic E-state index is 8.98. The van der Waals surface area contributed by atoms with Gasteiger partial charge in [-0.25, -0.2) is 9.97 Å². The molecule has 1 fully saturated rings. The molecule has 1 aromatic rings. The van der Waals surface area contributed by atoms with Crippen molar-refractivity contribution in [2.75, 3.05) is 18.1 Å². The average Bonchev–Trinajstić information content (AvgIpc) is 2.32. The monoisotopic (exact) mass is 235 g/mol. The summed E-state index contributed by atoms with van der Waals surface area (Å²) in [6.07, 6.45) is 7.20. The number of aryl methyl sites for hydroxylation is 1. The van der Waals surface area contributed by atoms with Crippen LogP contribution in [0.1, 0.15) is 38.3 Å². The molecular weight excluding hydrogens is 214 g/mol. The largest absolute Gasteiger partial charge is 0.396 e. The summed E-state index contributed by atoms with van der Waals surface area (Å²) in [5, 5.41) is 8.98. The normalized spacial score (nSPS) is 15.6. The molecule has 0 bridgehead atoms. The molecule has 0 amide bonds. The van der Waals surface area contributed by atoms with Gasteiger partial charge in [0.25, 0.3) is 0 Å². The van der Waals surface area contributed by atoms with Crippen molar-refractivity contribution in [1.82, 2.24) is 9.97 Å². The van der Waals surface area contributed by atoms with Crippen LogP contribution in [0.25, 0.3) is 0 Å². The SMILES string of the molecule is CCc1cc(N(CCCO)C2CCC2)ncn1. The first-order chi connectivity index (χ1) is 8.35. The molecule has 1 heterocycles. The Morgan fingerprint density at radius 2 is 2.24 bits per heavy atom. The molecule has 0 spiro atoms.